The van der Waals surface area contributed by atoms with Crippen LogP contribution in [0.2, 0.25) is 0 Å². The predicted octanol–water partition coefficient (Wildman–Crippen LogP) is 2.79. The van der Waals surface area contributed by atoms with Gasteiger partial charge in [-0.15, -0.1) is 11.3 Å². The van der Waals surface area contributed by atoms with Crippen molar-refractivity contribution in [1.29, 1.82) is 5.26 Å². The van der Waals surface area contributed by atoms with Gasteiger partial charge in [0.25, 0.3) is 5.89 Å². The third-order valence-corrected chi connectivity index (χ3v) is 3.09. The molecule has 106 valence electrons. The minimum atomic E-state index is -4.35. The molecule has 2 aromatic rings. The van der Waals surface area contributed by atoms with Crippen LogP contribution >= 0.6 is 11.3 Å². The van der Waals surface area contributed by atoms with Gasteiger partial charge >= 0.3 is 6.18 Å². The molecule has 0 radical (unpaired) electrons. The van der Waals surface area contributed by atoms with Crippen LogP contribution in [-0.4, -0.2) is 29.5 Å². The van der Waals surface area contributed by atoms with Crippen LogP contribution in [0.25, 0.3) is 10.8 Å². The number of nitrogens with zero attached hydrogens (tertiary/aromatic N) is 3. The monoisotopic (exact) mass is 303 g/mol. The number of aromatic nitrogens is 2. The highest BCUT2D eigenvalue weighted by Crippen LogP contribution is 2.27. The van der Waals surface area contributed by atoms with Crippen LogP contribution in [0, 0.1) is 11.3 Å². The Morgan fingerprint density at radius 3 is 2.95 bits per heavy atom. The van der Waals surface area contributed by atoms with E-state index in [-0.39, 0.29) is 24.7 Å². The minimum absolute atomic E-state index is 0.104. The van der Waals surface area contributed by atoms with Gasteiger partial charge < -0.3 is 9.26 Å². The van der Waals surface area contributed by atoms with Crippen molar-refractivity contribution in [3.63, 3.8) is 0 Å². The Labute approximate surface area is 115 Å². The fourth-order valence-corrected chi connectivity index (χ4v) is 2.13. The maximum absolute atomic E-state index is 11.9. The van der Waals surface area contributed by atoms with Gasteiger partial charge in [0, 0.05) is 6.42 Å². The molecule has 0 unspecified atom stereocenters. The fourth-order valence-electron chi connectivity index (χ4n) is 1.36. The Morgan fingerprint density at radius 1 is 1.45 bits per heavy atom. The molecule has 5 nitrogen and oxygen atoms in total. The van der Waals surface area contributed by atoms with Crippen LogP contribution in [0.3, 0.4) is 0 Å². The third kappa shape index (κ3) is 3.79. The van der Waals surface area contributed by atoms with Crippen LogP contribution in [0.15, 0.2) is 16.0 Å². The molecule has 0 aliphatic carbocycles. The second kappa shape index (κ2) is 6.02. The number of ether oxygens (including phenoxy) is 1. The summed E-state index contributed by atoms with van der Waals surface area (Å²) in [4.78, 5) is 4.56. The first kappa shape index (κ1) is 14.5. The largest absolute Gasteiger partial charge is 0.411 e. The number of halogens is 3. The molecule has 0 bridgehead atoms. The second-order valence-electron chi connectivity index (χ2n) is 3.71. The van der Waals surface area contributed by atoms with Crippen molar-refractivity contribution in [2.75, 3.05) is 13.2 Å². The lowest BCUT2D eigenvalue weighted by molar-refractivity contribution is -0.173. The van der Waals surface area contributed by atoms with Crippen molar-refractivity contribution in [2.45, 2.75) is 12.6 Å². The molecule has 9 heteroatoms. The molecule has 0 saturated carbocycles. The summed E-state index contributed by atoms with van der Waals surface area (Å²) in [5.74, 6) is 0.418. The van der Waals surface area contributed by atoms with Crippen LogP contribution in [0.1, 0.15) is 11.4 Å². The molecule has 0 N–H and O–H groups in total. The molecular weight excluding hydrogens is 295 g/mol. The zero-order valence-electron chi connectivity index (χ0n) is 9.98. The summed E-state index contributed by atoms with van der Waals surface area (Å²) in [7, 11) is 0. The van der Waals surface area contributed by atoms with E-state index in [0.717, 1.165) is 0 Å². The number of hydrogen-bond acceptors (Lipinski definition) is 6. The van der Waals surface area contributed by atoms with E-state index in [0.29, 0.717) is 10.4 Å². The van der Waals surface area contributed by atoms with Crippen molar-refractivity contribution < 1.29 is 22.4 Å². The number of hydrogen-bond donors (Lipinski definition) is 0. The first-order valence-corrected chi connectivity index (χ1v) is 6.32. The quantitative estimate of drug-likeness (QED) is 0.794. The third-order valence-electron chi connectivity index (χ3n) is 2.18. The number of rotatable bonds is 5. The maximum atomic E-state index is 11.9. The van der Waals surface area contributed by atoms with Crippen LogP contribution in [0.5, 0.6) is 0 Å². The number of nitriles is 1. The van der Waals surface area contributed by atoms with Gasteiger partial charge in [0.05, 0.1) is 12.2 Å². The Hall–Kier alpha value is -1.92. The average Bonchev–Trinajstić information content (AvgIpc) is 3.01. The Morgan fingerprint density at radius 2 is 2.25 bits per heavy atom. The van der Waals surface area contributed by atoms with Crippen molar-refractivity contribution in [3.05, 3.63) is 22.8 Å². The lowest BCUT2D eigenvalue weighted by atomic mass is 10.3. The molecule has 0 aromatic carbocycles. The molecule has 0 fully saturated rings. The molecule has 0 aliphatic heterocycles. The van der Waals surface area contributed by atoms with Crippen molar-refractivity contribution in [2.24, 2.45) is 0 Å². The predicted molar refractivity (Wildman–Crippen MR) is 62.9 cm³/mol. The molecule has 0 atom stereocenters. The van der Waals surface area contributed by atoms with E-state index in [9.17, 15) is 13.2 Å². The summed E-state index contributed by atoms with van der Waals surface area (Å²) < 4.78 is 45.0. The second-order valence-corrected chi connectivity index (χ2v) is 4.62. The zero-order valence-corrected chi connectivity index (χ0v) is 10.8. The van der Waals surface area contributed by atoms with Gasteiger partial charge in [0.2, 0.25) is 0 Å². The smallest absolute Gasteiger partial charge is 0.372 e. The van der Waals surface area contributed by atoms with E-state index in [2.05, 4.69) is 14.9 Å². The SMILES string of the molecule is N#Cc1ccsc1-c1nc(CCOCC(F)(F)F)no1. The Bertz CT molecular complexity index is 615. The van der Waals surface area contributed by atoms with E-state index in [1.54, 1.807) is 11.4 Å². The summed E-state index contributed by atoms with van der Waals surface area (Å²) in [6.45, 7) is -1.46. The Balaban J connectivity index is 1.92. The highest BCUT2D eigenvalue weighted by molar-refractivity contribution is 7.13. The van der Waals surface area contributed by atoms with Gasteiger partial charge in [-0.25, -0.2) is 0 Å². The Kier molecular flexibility index (Phi) is 4.36. The first-order valence-electron chi connectivity index (χ1n) is 5.44. The lowest BCUT2D eigenvalue weighted by Crippen LogP contribution is -2.18. The van der Waals surface area contributed by atoms with Crippen LogP contribution in [-0.2, 0) is 11.2 Å². The summed E-state index contributed by atoms with van der Waals surface area (Å²) in [6, 6.07) is 3.61. The summed E-state index contributed by atoms with van der Waals surface area (Å²) in [5, 5.41) is 14.2. The minimum Gasteiger partial charge on any atom is -0.372 e. The molecule has 20 heavy (non-hydrogen) atoms. The topological polar surface area (TPSA) is 71.9 Å². The lowest BCUT2D eigenvalue weighted by Gasteiger charge is -2.05. The van der Waals surface area contributed by atoms with E-state index in [4.69, 9.17) is 9.78 Å². The molecule has 0 aliphatic rings. The van der Waals surface area contributed by atoms with Crippen molar-refractivity contribution >= 4 is 11.3 Å². The van der Waals surface area contributed by atoms with Gasteiger partial charge in [-0.3, -0.25) is 0 Å². The van der Waals surface area contributed by atoms with E-state index >= 15 is 0 Å². The first-order chi connectivity index (χ1) is 9.49. The van der Waals surface area contributed by atoms with Crippen molar-refractivity contribution in [1.82, 2.24) is 10.1 Å². The van der Waals surface area contributed by atoms with Crippen LogP contribution in [0.4, 0.5) is 13.2 Å². The van der Waals surface area contributed by atoms with Gasteiger partial charge in [0.1, 0.15) is 17.6 Å². The number of alkyl halides is 3. The van der Waals surface area contributed by atoms with Gasteiger partial charge in [-0.1, -0.05) is 5.16 Å². The molecular formula is C11H8F3N3O2S. The average molecular weight is 303 g/mol. The number of thiophene rings is 1. The molecule has 0 spiro atoms. The molecule has 0 saturated heterocycles. The van der Waals surface area contributed by atoms with Crippen molar-refractivity contribution in [3.8, 4) is 16.8 Å². The standard InChI is InChI=1S/C11H8F3N3O2S/c12-11(13,14)6-18-3-1-8-16-10(19-17-8)9-7(5-15)2-4-20-9/h2,4H,1,3,6H2. The van der Waals surface area contributed by atoms with E-state index in [1.807, 2.05) is 6.07 Å². The van der Waals surface area contributed by atoms with Crippen LogP contribution < -0.4 is 0 Å². The van der Waals surface area contributed by atoms with Gasteiger partial charge in [0.15, 0.2) is 5.82 Å². The highest BCUT2D eigenvalue weighted by atomic mass is 32.1. The zero-order chi connectivity index (χ0) is 14.6. The molecule has 2 heterocycles. The van der Waals surface area contributed by atoms with Gasteiger partial charge in [-0.05, 0) is 11.4 Å². The van der Waals surface area contributed by atoms with Gasteiger partial charge in [-0.2, -0.15) is 23.4 Å². The normalized spacial score (nSPS) is 11.5. The van der Waals surface area contributed by atoms with E-state index in [1.165, 1.54) is 11.3 Å². The fraction of sp³-hybridized carbons (Fsp3) is 0.364. The molecule has 2 rings (SSSR count). The molecule has 2 aromatic heterocycles. The van der Waals surface area contributed by atoms with E-state index < -0.39 is 12.8 Å². The molecule has 0 amide bonds. The summed E-state index contributed by atoms with van der Waals surface area (Å²) in [6.07, 6.45) is -4.24. The maximum Gasteiger partial charge on any atom is 0.411 e. The highest BCUT2D eigenvalue weighted by Gasteiger charge is 2.27. The summed E-state index contributed by atoms with van der Waals surface area (Å²) in [5.41, 5.74) is 0.415. The summed E-state index contributed by atoms with van der Waals surface area (Å²) >= 11 is 1.27.